The zero-order chi connectivity index (χ0) is 27.8. The molecule has 0 bridgehead atoms. The van der Waals surface area contributed by atoms with Gasteiger partial charge in [0.15, 0.2) is 16.9 Å². The normalized spacial score (nSPS) is 14.4. The van der Waals surface area contributed by atoms with Gasteiger partial charge in [-0.15, -0.1) is 0 Å². The molecule has 0 N–H and O–H groups in total. The van der Waals surface area contributed by atoms with E-state index in [1.54, 1.807) is 53.4 Å². The van der Waals surface area contributed by atoms with Crippen molar-refractivity contribution in [3.05, 3.63) is 133 Å². The summed E-state index contributed by atoms with van der Waals surface area (Å²) in [5.74, 6) is 0.650. The summed E-state index contributed by atoms with van der Waals surface area (Å²) in [6, 6.07) is 26.7. The van der Waals surface area contributed by atoms with Gasteiger partial charge in [0.1, 0.15) is 12.2 Å². The van der Waals surface area contributed by atoms with Crippen LogP contribution in [0.2, 0.25) is 5.02 Å². The predicted molar refractivity (Wildman–Crippen MR) is 159 cm³/mol. The van der Waals surface area contributed by atoms with Gasteiger partial charge in [-0.1, -0.05) is 70.0 Å². The summed E-state index contributed by atoms with van der Waals surface area (Å²) < 4.78 is 18.9. The largest absolute Gasteiger partial charge is 0.490 e. The van der Waals surface area contributed by atoms with Gasteiger partial charge in [0.2, 0.25) is 5.76 Å². The Morgan fingerprint density at radius 2 is 1.73 bits per heavy atom. The van der Waals surface area contributed by atoms with E-state index in [1.165, 1.54) is 0 Å². The summed E-state index contributed by atoms with van der Waals surface area (Å²) in [6.45, 7) is 2.66. The number of carbonyl (C=O) groups is 1. The highest BCUT2D eigenvalue weighted by Gasteiger charge is 2.44. The fraction of sp³-hybridized carbons (Fsp3) is 0.125. The second-order valence-electron chi connectivity index (χ2n) is 9.29. The molecule has 0 saturated heterocycles. The number of nitrogens with zero attached hydrogens (tertiary/aromatic N) is 1. The minimum absolute atomic E-state index is 0.00663. The summed E-state index contributed by atoms with van der Waals surface area (Å²) in [4.78, 5) is 29.4. The topological polar surface area (TPSA) is 69.0 Å². The number of ether oxygens (including phenoxy) is 2. The first kappa shape index (κ1) is 26.2. The fourth-order valence-electron chi connectivity index (χ4n) is 4.97. The molecule has 0 saturated carbocycles. The van der Waals surface area contributed by atoms with Crippen LogP contribution in [0.1, 0.15) is 40.2 Å². The van der Waals surface area contributed by atoms with Crippen molar-refractivity contribution < 1.29 is 18.7 Å². The minimum atomic E-state index is -0.775. The SMILES string of the molecule is CCOc1cc(C2c3c(oc4ccc(Br)cc4c3=O)C(=O)N2c2cccc(Cl)c2)ccc1OCc1ccccc1. The van der Waals surface area contributed by atoms with E-state index in [0.717, 1.165) is 10.0 Å². The Morgan fingerprint density at radius 3 is 2.50 bits per heavy atom. The second-order valence-corrected chi connectivity index (χ2v) is 10.6. The van der Waals surface area contributed by atoms with E-state index in [0.29, 0.717) is 52.0 Å². The highest BCUT2D eigenvalue weighted by molar-refractivity contribution is 9.10. The van der Waals surface area contributed by atoms with Crippen molar-refractivity contribution in [1.82, 2.24) is 0 Å². The van der Waals surface area contributed by atoms with E-state index in [4.69, 9.17) is 25.5 Å². The van der Waals surface area contributed by atoms with E-state index < -0.39 is 11.9 Å². The van der Waals surface area contributed by atoms with Gasteiger partial charge in [-0.05, 0) is 66.6 Å². The zero-order valence-electron chi connectivity index (χ0n) is 21.4. The minimum Gasteiger partial charge on any atom is -0.490 e. The maximum atomic E-state index is 13.9. The van der Waals surface area contributed by atoms with Crippen molar-refractivity contribution in [3.8, 4) is 11.5 Å². The Balaban J connectivity index is 1.51. The first-order valence-corrected chi connectivity index (χ1v) is 13.9. The molecule has 0 radical (unpaired) electrons. The van der Waals surface area contributed by atoms with E-state index in [9.17, 15) is 9.59 Å². The molecule has 6 nitrogen and oxygen atoms in total. The van der Waals surface area contributed by atoms with Gasteiger partial charge in [0.05, 0.1) is 23.6 Å². The van der Waals surface area contributed by atoms with Gasteiger partial charge in [-0.3, -0.25) is 14.5 Å². The second kappa shape index (κ2) is 10.8. The Kier molecular flexibility index (Phi) is 7.09. The predicted octanol–water partition coefficient (Wildman–Crippen LogP) is 7.94. The van der Waals surface area contributed by atoms with Crippen molar-refractivity contribution in [2.75, 3.05) is 11.5 Å². The molecule has 1 aromatic heterocycles. The van der Waals surface area contributed by atoms with Crippen LogP contribution in [-0.4, -0.2) is 12.5 Å². The molecule has 200 valence electrons. The Bertz CT molecular complexity index is 1800. The molecule has 1 atom stereocenters. The van der Waals surface area contributed by atoms with Crippen LogP contribution in [0.5, 0.6) is 11.5 Å². The lowest BCUT2D eigenvalue weighted by Crippen LogP contribution is -2.29. The molecule has 6 rings (SSSR count). The first-order chi connectivity index (χ1) is 19.4. The van der Waals surface area contributed by atoms with Crippen LogP contribution in [0.4, 0.5) is 5.69 Å². The van der Waals surface area contributed by atoms with Crippen molar-refractivity contribution >= 4 is 50.1 Å². The summed E-state index contributed by atoms with van der Waals surface area (Å²) in [5.41, 5.74) is 2.56. The van der Waals surface area contributed by atoms with Gasteiger partial charge in [0, 0.05) is 15.2 Å². The number of rotatable bonds is 7. The molecule has 1 aliphatic rings. The molecule has 2 heterocycles. The Labute approximate surface area is 243 Å². The highest BCUT2D eigenvalue weighted by Crippen LogP contribution is 2.44. The van der Waals surface area contributed by atoms with Crippen LogP contribution >= 0.6 is 27.5 Å². The summed E-state index contributed by atoms with van der Waals surface area (Å²) >= 11 is 9.76. The maximum absolute atomic E-state index is 13.9. The van der Waals surface area contributed by atoms with Crippen molar-refractivity contribution in [2.45, 2.75) is 19.6 Å². The van der Waals surface area contributed by atoms with E-state index in [-0.39, 0.29) is 16.8 Å². The summed E-state index contributed by atoms with van der Waals surface area (Å²) in [5, 5.41) is 0.847. The molecular weight excluding hydrogens is 594 g/mol. The van der Waals surface area contributed by atoms with Crippen LogP contribution in [0.3, 0.4) is 0 Å². The highest BCUT2D eigenvalue weighted by atomic mass is 79.9. The molecule has 40 heavy (non-hydrogen) atoms. The fourth-order valence-corrected chi connectivity index (χ4v) is 5.52. The maximum Gasteiger partial charge on any atom is 0.295 e. The average Bonchev–Trinajstić information content (AvgIpc) is 3.25. The molecule has 4 aromatic carbocycles. The van der Waals surface area contributed by atoms with Gasteiger partial charge in [-0.25, -0.2) is 0 Å². The van der Waals surface area contributed by atoms with Crippen LogP contribution in [-0.2, 0) is 6.61 Å². The first-order valence-electron chi connectivity index (χ1n) is 12.7. The molecule has 1 unspecified atom stereocenters. The number of halogens is 2. The molecule has 5 aromatic rings. The Hall–Kier alpha value is -4.07. The molecule has 1 amide bonds. The third-order valence-corrected chi connectivity index (χ3v) is 7.47. The Morgan fingerprint density at radius 1 is 0.900 bits per heavy atom. The zero-order valence-corrected chi connectivity index (χ0v) is 23.7. The van der Waals surface area contributed by atoms with Gasteiger partial charge in [-0.2, -0.15) is 0 Å². The third-order valence-electron chi connectivity index (χ3n) is 6.74. The number of hydrogen-bond donors (Lipinski definition) is 0. The monoisotopic (exact) mass is 615 g/mol. The number of benzene rings is 4. The van der Waals surface area contributed by atoms with Crippen molar-refractivity contribution in [3.63, 3.8) is 0 Å². The number of fused-ring (bicyclic) bond motifs is 2. The smallest absolute Gasteiger partial charge is 0.295 e. The standard InChI is InChI=1S/C32H23BrClNO5/c1-2-38-27-15-20(11-13-26(27)39-18-19-7-4-3-5-8-19)29-28-30(36)24-16-21(33)12-14-25(24)40-31(28)32(37)35(29)23-10-6-9-22(34)17-23/h3-17,29H,2,18H2,1H3. The van der Waals surface area contributed by atoms with E-state index in [1.807, 2.05) is 49.4 Å². The lowest BCUT2D eigenvalue weighted by atomic mass is 9.97. The van der Waals surface area contributed by atoms with Gasteiger partial charge >= 0.3 is 0 Å². The molecule has 0 spiro atoms. The van der Waals surface area contributed by atoms with Crippen LogP contribution in [0.25, 0.3) is 11.0 Å². The van der Waals surface area contributed by atoms with E-state index >= 15 is 0 Å². The van der Waals surface area contributed by atoms with Crippen molar-refractivity contribution in [2.24, 2.45) is 0 Å². The third kappa shape index (κ3) is 4.76. The molecule has 0 fully saturated rings. The van der Waals surface area contributed by atoms with Crippen LogP contribution in [0, 0.1) is 0 Å². The quantitative estimate of drug-likeness (QED) is 0.186. The van der Waals surface area contributed by atoms with Gasteiger partial charge in [0.25, 0.3) is 5.91 Å². The summed E-state index contributed by atoms with van der Waals surface area (Å²) in [6.07, 6.45) is 0. The average molecular weight is 617 g/mol. The summed E-state index contributed by atoms with van der Waals surface area (Å²) in [7, 11) is 0. The lowest BCUT2D eigenvalue weighted by molar-refractivity contribution is 0.0971. The van der Waals surface area contributed by atoms with Crippen LogP contribution < -0.4 is 19.8 Å². The molecule has 1 aliphatic heterocycles. The number of carbonyl (C=O) groups excluding carboxylic acids is 1. The molecular formula is C32H23BrClNO5. The van der Waals surface area contributed by atoms with E-state index in [2.05, 4.69) is 15.9 Å². The lowest BCUT2D eigenvalue weighted by Gasteiger charge is -2.26. The van der Waals surface area contributed by atoms with Crippen molar-refractivity contribution in [1.29, 1.82) is 0 Å². The number of amides is 1. The van der Waals surface area contributed by atoms with Crippen LogP contribution in [0.15, 0.2) is 105 Å². The van der Waals surface area contributed by atoms with Gasteiger partial charge < -0.3 is 13.9 Å². The molecule has 0 aliphatic carbocycles. The molecule has 8 heteroatoms. The number of hydrogen-bond acceptors (Lipinski definition) is 5. The number of anilines is 1.